The van der Waals surface area contributed by atoms with Crippen LogP contribution in [0.3, 0.4) is 0 Å². The second-order valence-corrected chi connectivity index (χ2v) is 4.51. The molecule has 20 heavy (non-hydrogen) atoms. The van der Waals surface area contributed by atoms with Gasteiger partial charge in [-0.3, -0.25) is 9.97 Å². The lowest BCUT2D eigenvalue weighted by Crippen LogP contribution is -1.96. The molecule has 1 aromatic carbocycles. The molecule has 0 bridgehead atoms. The molecule has 0 saturated heterocycles. The maximum atomic E-state index is 8.78. The highest BCUT2D eigenvalue weighted by molar-refractivity contribution is 5.79. The minimum atomic E-state index is -0.147. The van der Waals surface area contributed by atoms with Crippen molar-refractivity contribution in [2.45, 2.75) is 13.3 Å². The molecule has 0 fully saturated rings. The highest BCUT2D eigenvalue weighted by Gasteiger charge is 2.12. The van der Waals surface area contributed by atoms with E-state index in [0.717, 1.165) is 16.6 Å². The molecule has 0 aliphatic carbocycles. The van der Waals surface area contributed by atoms with Gasteiger partial charge in [0, 0.05) is 24.4 Å². The number of benzene rings is 1. The van der Waals surface area contributed by atoms with Crippen molar-refractivity contribution >= 4 is 11.0 Å². The van der Waals surface area contributed by atoms with E-state index in [1.807, 2.05) is 25.1 Å². The first-order valence-corrected chi connectivity index (χ1v) is 6.19. The van der Waals surface area contributed by atoms with E-state index in [0.29, 0.717) is 18.1 Å². The van der Waals surface area contributed by atoms with Gasteiger partial charge in [0.15, 0.2) is 0 Å². The summed E-state index contributed by atoms with van der Waals surface area (Å²) < 4.78 is 5.16. The van der Waals surface area contributed by atoms with Crippen molar-refractivity contribution in [1.29, 1.82) is 5.26 Å². The minimum absolute atomic E-state index is 0.147. The third kappa shape index (κ3) is 2.34. The Labute approximate surface area is 115 Å². The van der Waals surface area contributed by atoms with E-state index in [2.05, 4.69) is 26.2 Å². The number of aromatic nitrogens is 4. The molecule has 0 saturated carbocycles. The van der Waals surface area contributed by atoms with Crippen molar-refractivity contribution < 1.29 is 4.52 Å². The van der Waals surface area contributed by atoms with Crippen LogP contribution >= 0.6 is 0 Å². The molecule has 0 N–H and O–H groups in total. The second-order valence-electron chi connectivity index (χ2n) is 4.51. The van der Waals surface area contributed by atoms with E-state index < -0.39 is 0 Å². The van der Waals surface area contributed by atoms with Crippen LogP contribution in [-0.4, -0.2) is 20.1 Å². The van der Waals surface area contributed by atoms with E-state index >= 15 is 0 Å². The highest BCUT2D eigenvalue weighted by atomic mass is 16.5. The Hall–Kier alpha value is -2.81. The number of nitriles is 1. The molecule has 2 aromatic heterocycles. The lowest BCUT2D eigenvalue weighted by atomic mass is 10.1. The van der Waals surface area contributed by atoms with Crippen LogP contribution in [0, 0.1) is 17.2 Å². The number of nitrogens with zero attached hydrogens (tertiary/aromatic N) is 5. The van der Waals surface area contributed by atoms with Crippen LogP contribution in [0.15, 0.2) is 35.1 Å². The van der Waals surface area contributed by atoms with Crippen molar-refractivity contribution in [2.24, 2.45) is 5.92 Å². The van der Waals surface area contributed by atoms with Crippen LogP contribution in [-0.2, 0) is 6.42 Å². The van der Waals surface area contributed by atoms with Gasteiger partial charge in [0.2, 0.25) is 11.7 Å². The van der Waals surface area contributed by atoms with E-state index in [9.17, 15) is 0 Å². The molecule has 6 heteroatoms. The fourth-order valence-electron chi connectivity index (χ4n) is 1.86. The van der Waals surface area contributed by atoms with Gasteiger partial charge in [0.25, 0.3) is 0 Å². The number of rotatable bonds is 3. The first-order chi connectivity index (χ1) is 9.76. The lowest BCUT2D eigenvalue weighted by Gasteiger charge is -1.97. The Morgan fingerprint density at radius 1 is 1.25 bits per heavy atom. The van der Waals surface area contributed by atoms with E-state index in [1.54, 1.807) is 12.4 Å². The Morgan fingerprint density at radius 3 is 2.85 bits per heavy atom. The summed E-state index contributed by atoms with van der Waals surface area (Å²) in [5.41, 5.74) is 2.41. The van der Waals surface area contributed by atoms with Crippen molar-refractivity contribution in [1.82, 2.24) is 20.1 Å². The minimum Gasteiger partial charge on any atom is -0.339 e. The maximum absolute atomic E-state index is 8.78. The fraction of sp³-hybridized carbons (Fsp3) is 0.214. The van der Waals surface area contributed by atoms with Gasteiger partial charge < -0.3 is 4.52 Å². The molecule has 6 nitrogen and oxygen atoms in total. The van der Waals surface area contributed by atoms with E-state index in [1.165, 1.54) is 0 Å². The molecule has 1 unspecified atom stereocenters. The van der Waals surface area contributed by atoms with Crippen LogP contribution in [0.25, 0.3) is 22.4 Å². The molecular weight excluding hydrogens is 254 g/mol. The molecule has 98 valence electrons. The Morgan fingerprint density at radius 2 is 2.05 bits per heavy atom. The third-order valence-electron chi connectivity index (χ3n) is 2.90. The summed E-state index contributed by atoms with van der Waals surface area (Å²) in [5.74, 6) is 0.816. The van der Waals surface area contributed by atoms with Crippen molar-refractivity contribution in [3.63, 3.8) is 0 Å². The van der Waals surface area contributed by atoms with Gasteiger partial charge in [-0.25, -0.2) is 0 Å². The van der Waals surface area contributed by atoms with Gasteiger partial charge in [0.05, 0.1) is 23.0 Å². The Kier molecular flexibility index (Phi) is 3.09. The van der Waals surface area contributed by atoms with Gasteiger partial charge in [-0.15, -0.1) is 0 Å². The molecule has 0 spiro atoms. The molecule has 2 heterocycles. The zero-order valence-electron chi connectivity index (χ0n) is 10.8. The number of hydrogen-bond acceptors (Lipinski definition) is 6. The van der Waals surface area contributed by atoms with Gasteiger partial charge >= 0.3 is 0 Å². The molecule has 0 amide bonds. The molecule has 0 aliphatic rings. The summed E-state index contributed by atoms with van der Waals surface area (Å²) in [5, 5.41) is 12.7. The number of hydrogen-bond donors (Lipinski definition) is 0. The standard InChI is InChI=1S/C14H11N5O/c1-9(8-15)6-13-18-14(19-20-13)10-2-3-11-12(7-10)17-5-4-16-11/h2-5,7,9H,6H2,1H3. The quantitative estimate of drug-likeness (QED) is 0.722. The smallest absolute Gasteiger partial charge is 0.228 e. The second kappa shape index (κ2) is 5.05. The van der Waals surface area contributed by atoms with Crippen molar-refractivity contribution in [3.05, 3.63) is 36.5 Å². The fourth-order valence-corrected chi connectivity index (χ4v) is 1.86. The molecule has 0 radical (unpaired) electrons. The van der Waals surface area contributed by atoms with Crippen LogP contribution in [0.4, 0.5) is 0 Å². The monoisotopic (exact) mass is 265 g/mol. The number of fused-ring (bicyclic) bond motifs is 1. The van der Waals surface area contributed by atoms with Crippen LogP contribution in [0.5, 0.6) is 0 Å². The van der Waals surface area contributed by atoms with Gasteiger partial charge in [-0.2, -0.15) is 10.2 Å². The molecular formula is C14H11N5O. The van der Waals surface area contributed by atoms with Crippen LogP contribution < -0.4 is 0 Å². The summed E-state index contributed by atoms with van der Waals surface area (Å²) in [6.07, 6.45) is 3.75. The molecule has 1 atom stereocenters. The Balaban J connectivity index is 1.93. The van der Waals surface area contributed by atoms with Crippen molar-refractivity contribution in [3.8, 4) is 17.5 Å². The van der Waals surface area contributed by atoms with Gasteiger partial charge in [0.1, 0.15) is 0 Å². The highest BCUT2D eigenvalue weighted by Crippen LogP contribution is 2.20. The maximum Gasteiger partial charge on any atom is 0.228 e. The van der Waals surface area contributed by atoms with Crippen molar-refractivity contribution in [2.75, 3.05) is 0 Å². The lowest BCUT2D eigenvalue weighted by molar-refractivity contribution is 0.369. The summed E-state index contributed by atoms with van der Waals surface area (Å²) in [7, 11) is 0. The average molecular weight is 265 g/mol. The zero-order chi connectivity index (χ0) is 13.9. The SMILES string of the molecule is CC(C#N)Cc1nc(-c2ccc3nccnc3c2)no1. The molecule has 0 aliphatic heterocycles. The third-order valence-corrected chi connectivity index (χ3v) is 2.90. The average Bonchev–Trinajstić information content (AvgIpc) is 2.95. The first kappa shape index (κ1) is 12.2. The molecule has 3 aromatic rings. The molecule has 3 rings (SSSR count). The predicted octanol–water partition coefficient (Wildman–Crippen LogP) is 2.38. The van der Waals surface area contributed by atoms with Gasteiger partial charge in [-0.1, -0.05) is 5.16 Å². The van der Waals surface area contributed by atoms with Crippen LogP contribution in [0.1, 0.15) is 12.8 Å². The largest absolute Gasteiger partial charge is 0.339 e. The Bertz CT molecular complexity index is 789. The van der Waals surface area contributed by atoms with Crippen LogP contribution in [0.2, 0.25) is 0 Å². The summed E-state index contributed by atoms with van der Waals surface area (Å²) in [6, 6.07) is 7.75. The zero-order valence-corrected chi connectivity index (χ0v) is 10.8. The van der Waals surface area contributed by atoms with E-state index in [-0.39, 0.29) is 5.92 Å². The van der Waals surface area contributed by atoms with Gasteiger partial charge in [-0.05, 0) is 25.1 Å². The summed E-state index contributed by atoms with van der Waals surface area (Å²) in [6.45, 7) is 1.81. The topological polar surface area (TPSA) is 88.5 Å². The predicted molar refractivity (Wildman–Crippen MR) is 71.3 cm³/mol. The first-order valence-electron chi connectivity index (χ1n) is 6.19. The summed E-state index contributed by atoms with van der Waals surface area (Å²) in [4.78, 5) is 12.8. The normalized spacial score (nSPS) is 12.2. The summed E-state index contributed by atoms with van der Waals surface area (Å²) >= 11 is 0. The van der Waals surface area contributed by atoms with E-state index in [4.69, 9.17) is 9.78 Å².